The zero-order valence-corrected chi connectivity index (χ0v) is 14.8. The van der Waals surface area contributed by atoms with Gasteiger partial charge in [-0.25, -0.2) is 0 Å². The summed E-state index contributed by atoms with van der Waals surface area (Å²) in [6, 6.07) is 8.65. The minimum absolute atomic E-state index is 0.257. The Bertz CT molecular complexity index is 680. The predicted octanol–water partition coefficient (Wildman–Crippen LogP) is 2.36. The van der Waals surface area contributed by atoms with Gasteiger partial charge >= 0.3 is 0 Å². The highest BCUT2D eigenvalue weighted by atomic mass is 32.2. The highest BCUT2D eigenvalue weighted by Crippen LogP contribution is 2.50. The number of benzene rings is 1. The molecule has 2 fully saturated rings. The van der Waals surface area contributed by atoms with Crippen molar-refractivity contribution in [2.24, 2.45) is 17.8 Å². The van der Waals surface area contributed by atoms with E-state index in [2.05, 4.69) is 42.8 Å². The molecule has 0 radical (unpaired) electrons. The first-order valence-electron chi connectivity index (χ1n) is 8.76. The second kappa shape index (κ2) is 5.30. The van der Waals surface area contributed by atoms with Crippen LogP contribution in [-0.2, 0) is 23.1 Å². The highest BCUT2D eigenvalue weighted by Gasteiger charge is 2.59. The first kappa shape index (κ1) is 15.6. The molecule has 4 rings (SSSR count). The fourth-order valence-corrected chi connectivity index (χ4v) is 6.90. The van der Waals surface area contributed by atoms with E-state index in [1.807, 2.05) is 0 Å². The summed E-state index contributed by atoms with van der Waals surface area (Å²) in [5.74, 6) is 1.19. The molecule has 1 unspecified atom stereocenters. The summed E-state index contributed by atoms with van der Waals surface area (Å²) in [5, 5.41) is 0. The van der Waals surface area contributed by atoms with Crippen molar-refractivity contribution in [2.45, 2.75) is 45.1 Å². The van der Waals surface area contributed by atoms with Crippen LogP contribution in [0, 0.1) is 17.8 Å². The molecule has 23 heavy (non-hydrogen) atoms. The van der Waals surface area contributed by atoms with E-state index in [9.17, 15) is 8.42 Å². The van der Waals surface area contributed by atoms with Crippen LogP contribution in [0.1, 0.15) is 37.8 Å². The molecule has 1 saturated heterocycles. The maximum atomic E-state index is 12.7. The average molecular weight is 334 g/mol. The lowest BCUT2D eigenvalue weighted by Gasteiger charge is -2.33. The lowest BCUT2D eigenvalue weighted by molar-refractivity contribution is 0.207. The van der Waals surface area contributed by atoms with Crippen LogP contribution in [0.4, 0.5) is 0 Å². The Balaban J connectivity index is 1.70. The van der Waals surface area contributed by atoms with E-state index in [0.717, 1.165) is 25.7 Å². The van der Waals surface area contributed by atoms with E-state index in [-0.39, 0.29) is 5.54 Å². The Kier molecular flexibility index (Phi) is 3.59. The molecule has 0 amide bonds. The number of fused-ring (bicyclic) bond motifs is 1. The summed E-state index contributed by atoms with van der Waals surface area (Å²) in [4.78, 5) is 0. The lowest BCUT2D eigenvalue weighted by Crippen LogP contribution is -2.52. The fourth-order valence-electron chi connectivity index (χ4n) is 5.01. The maximum absolute atomic E-state index is 12.7. The summed E-state index contributed by atoms with van der Waals surface area (Å²) in [6.07, 6.45) is 4.28. The van der Waals surface area contributed by atoms with Gasteiger partial charge in [-0.05, 0) is 54.6 Å². The molecule has 1 aliphatic heterocycles. The van der Waals surface area contributed by atoms with Gasteiger partial charge in [-0.2, -0.15) is 17.4 Å². The fraction of sp³-hybridized carbons (Fsp3) is 0.667. The van der Waals surface area contributed by atoms with Gasteiger partial charge in [0.2, 0.25) is 0 Å². The maximum Gasteiger partial charge on any atom is 0.280 e. The number of nitrogens with one attached hydrogen (secondary N) is 1. The molecule has 2 bridgehead atoms. The third kappa shape index (κ3) is 2.44. The van der Waals surface area contributed by atoms with Crippen molar-refractivity contribution in [2.75, 3.05) is 13.1 Å². The molecule has 126 valence electrons. The lowest BCUT2D eigenvalue weighted by atomic mass is 9.79. The van der Waals surface area contributed by atoms with E-state index in [0.29, 0.717) is 30.8 Å². The summed E-state index contributed by atoms with van der Waals surface area (Å²) >= 11 is 0. The number of hydrogen-bond acceptors (Lipinski definition) is 2. The van der Waals surface area contributed by atoms with Gasteiger partial charge in [-0.3, -0.25) is 0 Å². The molecule has 2 aliphatic carbocycles. The van der Waals surface area contributed by atoms with Gasteiger partial charge in [0.05, 0.1) is 5.54 Å². The van der Waals surface area contributed by atoms with Gasteiger partial charge in [-0.15, -0.1) is 0 Å². The first-order valence-corrected chi connectivity index (χ1v) is 10.2. The highest BCUT2D eigenvalue weighted by molar-refractivity contribution is 7.87. The molecule has 4 nitrogen and oxygen atoms in total. The van der Waals surface area contributed by atoms with E-state index in [1.165, 1.54) is 11.1 Å². The van der Waals surface area contributed by atoms with Crippen molar-refractivity contribution < 1.29 is 8.42 Å². The second-order valence-electron chi connectivity index (χ2n) is 7.98. The zero-order chi connectivity index (χ0) is 16.2. The van der Waals surface area contributed by atoms with E-state index in [1.54, 1.807) is 4.31 Å². The average Bonchev–Trinajstić information content (AvgIpc) is 2.84. The van der Waals surface area contributed by atoms with Gasteiger partial charge in [0.15, 0.2) is 0 Å². The number of nitrogens with zero attached hydrogens (tertiary/aromatic N) is 1. The smallest absolute Gasteiger partial charge is 0.195 e. The van der Waals surface area contributed by atoms with Gasteiger partial charge in [0, 0.05) is 13.1 Å². The SMILES string of the molecule is CC(C)CN1CC2(NS1(=O)=O)[C@@H]1CC[C@H]2Cc2ccccc2C1. The molecule has 1 aromatic carbocycles. The molecule has 5 heteroatoms. The van der Waals surface area contributed by atoms with Crippen molar-refractivity contribution in [3.8, 4) is 0 Å². The Morgan fingerprint density at radius 2 is 1.74 bits per heavy atom. The topological polar surface area (TPSA) is 49.4 Å². The first-order chi connectivity index (χ1) is 10.9. The van der Waals surface area contributed by atoms with Gasteiger partial charge in [0.25, 0.3) is 10.2 Å². The largest absolute Gasteiger partial charge is 0.280 e. The molecule has 3 atom stereocenters. The normalized spacial score (nSPS) is 35.6. The number of hydrogen-bond donors (Lipinski definition) is 1. The summed E-state index contributed by atoms with van der Waals surface area (Å²) < 4.78 is 30.2. The van der Waals surface area contributed by atoms with Crippen molar-refractivity contribution in [1.29, 1.82) is 0 Å². The van der Waals surface area contributed by atoms with Crippen LogP contribution >= 0.6 is 0 Å². The van der Waals surface area contributed by atoms with Crippen LogP contribution in [-0.4, -0.2) is 31.4 Å². The summed E-state index contributed by atoms with van der Waals surface area (Å²) in [7, 11) is -3.34. The zero-order valence-electron chi connectivity index (χ0n) is 14.0. The molecule has 1 heterocycles. The Morgan fingerprint density at radius 1 is 1.17 bits per heavy atom. The Labute approximate surface area is 139 Å². The quantitative estimate of drug-likeness (QED) is 0.902. The van der Waals surface area contributed by atoms with Crippen molar-refractivity contribution in [1.82, 2.24) is 9.03 Å². The molecule has 0 aromatic heterocycles. The van der Waals surface area contributed by atoms with Crippen LogP contribution in [0.3, 0.4) is 0 Å². The number of rotatable bonds is 2. The molecule has 1 spiro atoms. The van der Waals surface area contributed by atoms with Crippen LogP contribution in [0.5, 0.6) is 0 Å². The summed E-state index contributed by atoms with van der Waals surface area (Å²) in [6.45, 7) is 5.43. The summed E-state index contributed by atoms with van der Waals surface area (Å²) in [5.41, 5.74) is 2.58. The van der Waals surface area contributed by atoms with E-state index in [4.69, 9.17) is 0 Å². The van der Waals surface area contributed by atoms with Crippen molar-refractivity contribution >= 4 is 10.2 Å². The molecule has 1 saturated carbocycles. The van der Waals surface area contributed by atoms with Crippen molar-refractivity contribution in [3.63, 3.8) is 0 Å². The molecule has 1 aromatic rings. The van der Waals surface area contributed by atoms with Gasteiger partial charge in [0.1, 0.15) is 0 Å². The van der Waals surface area contributed by atoms with Crippen molar-refractivity contribution in [3.05, 3.63) is 35.4 Å². The Morgan fingerprint density at radius 3 is 2.26 bits per heavy atom. The van der Waals surface area contributed by atoms with Crippen LogP contribution < -0.4 is 4.72 Å². The van der Waals surface area contributed by atoms with E-state index >= 15 is 0 Å². The molecule has 3 aliphatic rings. The van der Waals surface area contributed by atoms with Crippen LogP contribution in [0.2, 0.25) is 0 Å². The monoisotopic (exact) mass is 334 g/mol. The van der Waals surface area contributed by atoms with Crippen LogP contribution in [0.25, 0.3) is 0 Å². The third-order valence-corrected chi connectivity index (χ3v) is 7.63. The molecular weight excluding hydrogens is 308 g/mol. The van der Waals surface area contributed by atoms with E-state index < -0.39 is 10.2 Å². The Hall–Kier alpha value is -0.910. The second-order valence-corrected chi connectivity index (χ2v) is 9.65. The third-order valence-electron chi connectivity index (χ3n) is 6.04. The standard InChI is InChI=1S/C18H26N2O2S/c1-13(2)11-20-12-18(19-23(20,21)22)16-7-8-17(18)10-15-6-4-3-5-14(15)9-16/h3-6,13,16-17,19H,7-12H2,1-2H3/t16-,17+,18?. The molecule has 1 N–H and O–H groups in total. The minimum Gasteiger partial charge on any atom is -0.195 e. The molecular formula is C18H26N2O2S. The van der Waals surface area contributed by atoms with Gasteiger partial charge in [-0.1, -0.05) is 38.1 Å². The van der Waals surface area contributed by atoms with Gasteiger partial charge < -0.3 is 0 Å². The van der Waals surface area contributed by atoms with Crippen LogP contribution in [0.15, 0.2) is 24.3 Å². The minimum atomic E-state index is -3.34. The predicted molar refractivity (Wildman–Crippen MR) is 91.3 cm³/mol.